The lowest BCUT2D eigenvalue weighted by Crippen LogP contribution is -2.35. The summed E-state index contributed by atoms with van der Waals surface area (Å²) in [6.07, 6.45) is 0.434. The van der Waals surface area contributed by atoms with Gasteiger partial charge in [0.25, 0.3) is 11.8 Å². The number of anilines is 1. The Kier molecular flexibility index (Phi) is 6.64. The number of amides is 2. The van der Waals surface area contributed by atoms with Gasteiger partial charge in [-0.05, 0) is 49.2 Å². The van der Waals surface area contributed by atoms with Gasteiger partial charge in [0.1, 0.15) is 0 Å². The molecule has 0 saturated carbocycles. The molecule has 154 valence electrons. The quantitative estimate of drug-likeness (QED) is 0.583. The number of rotatable bonds is 7. The van der Waals surface area contributed by atoms with Crippen molar-refractivity contribution < 1.29 is 23.5 Å². The van der Waals surface area contributed by atoms with Crippen molar-refractivity contribution in [3.63, 3.8) is 0 Å². The van der Waals surface area contributed by atoms with Crippen LogP contribution in [0.5, 0.6) is 0 Å². The van der Waals surface area contributed by atoms with E-state index in [1.807, 2.05) is 30.3 Å². The van der Waals surface area contributed by atoms with Crippen molar-refractivity contribution in [2.45, 2.75) is 26.5 Å². The van der Waals surface area contributed by atoms with Crippen LogP contribution in [0.4, 0.5) is 5.69 Å². The maximum absolute atomic E-state index is 12.5. The van der Waals surface area contributed by atoms with Crippen LogP contribution in [0, 0.1) is 6.92 Å². The molecule has 0 aliphatic carbocycles. The molecule has 1 heterocycles. The zero-order valence-corrected chi connectivity index (χ0v) is 16.7. The van der Waals surface area contributed by atoms with Crippen molar-refractivity contribution in [2.24, 2.45) is 0 Å². The molecule has 0 aliphatic heterocycles. The van der Waals surface area contributed by atoms with Crippen LogP contribution in [0.25, 0.3) is 0 Å². The number of carbonyl (C=O) groups excluding carboxylic acids is 3. The SMILES string of the molecule is Cc1ccc(C(=O)O[C@@H](C)C(=O)NCc2ccccc2)cc1NC(=O)c1ccco1. The van der Waals surface area contributed by atoms with E-state index in [4.69, 9.17) is 9.15 Å². The average Bonchev–Trinajstić information content (AvgIpc) is 3.29. The lowest BCUT2D eigenvalue weighted by atomic mass is 10.1. The van der Waals surface area contributed by atoms with Crippen molar-refractivity contribution in [3.8, 4) is 0 Å². The predicted octanol–water partition coefficient (Wildman–Crippen LogP) is 3.70. The minimum atomic E-state index is -0.969. The van der Waals surface area contributed by atoms with E-state index in [2.05, 4.69) is 10.6 Å². The largest absolute Gasteiger partial charge is 0.459 e. The summed E-state index contributed by atoms with van der Waals surface area (Å²) in [4.78, 5) is 36.9. The van der Waals surface area contributed by atoms with Gasteiger partial charge in [0, 0.05) is 12.2 Å². The molecule has 0 aliphatic rings. The second-order valence-electron chi connectivity index (χ2n) is 6.71. The van der Waals surface area contributed by atoms with Crippen molar-refractivity contribution >= 4 is 23.5 Å². The molecule has 0 fully saturated rings. The number of ether oxygens (including phenoxy) is 1. The third-order valence-corrected chi connectivity index (χ3v) is 4.43. The lowest BCUT2D eigenvalue weighted by Gasteiger charge is -2.14. The van der Waals surface area contributed by atoms with Crippen LogP contribution in [0.2, 0.25) is 0 Å². The van der Waals surface area contributed by atoms with E-state index in [0.29, 0.717) is 12.2 Å². The third-order valence-electron chi connectivity index (χ3n) is 4.43. The van der Waals surface area contributed by atoms with Gasteiger partial charge < -0.3 is 19.8 Å². The first kappa shape index (κ1) is 20.9. The average molecular weight is 406 g/mol. The smallest absolute Gasteiger partial charge is 0.338 e. The van der Waals surface area contributed by atoms with Crippen LogP contribution in [-0.2, 0) is 16.1 Å². The van der Waals surface area contributed by atoms with Crippen LogP contribution >= 0.6 is 0 Å². The summed E-state index contributed by atoms with van der Waals surface area (Å²) >= 11 is 0. The predicted molar refractivity (Wildman–Crippen MR) is 111 cm³/mol. The topological polar surface area (TPSA) is 97.6 Å². The van der Waals surface area contributed by atoms with Crippen molar-refractivity contribution in [1.82, 2.24) is 5.32 Å². The summed E-state index contributed by atoms with van der Waals surface area (Å²) in [5.74, 6) is -1.33. The third kappa shape index (κ3) is 5.35. The Morgan fingerprint density at radius 2 is 1.80 bits per heavy atom. The highest BCUT2D eigenvalue weighted by Crippen LogP contribution is 2.19. The molecule has 7 nitrogen and oxygen atoms in total. The Labute approximate surface area is 174 Å². The molecule has 0 bridgehead atoms. The minimum Gasteiger partial charge on any atom is -0.459 e. The highest BCUT2D eigenvalue weighted by molar-refractivity contribution is 6.03. The number of furan rings is 1. The Balaban J connectivity index is 1.60. The van der Waals surface area contributed by atoms with Crippen LogP contribution in [0.15, 0.2) is 71.3 Å². The van der Waals surface area contributed by atoms with Crippen molar-refractivity contribution in [1.29, 1.82) is 0 Å². The van der Waals surface area contributed by atoms with E-state index < -0.39 is 23.9 Å². The molecule has 0 unspecified atom stereocenters. The first-order valence-corrected chi connectivity index (χ1v) is 9.42. The zero-order chi connectivity index (χ0) is 21.5. The molecule has 0 radical (unpaired) electrons. The molecule has 0 saturated heterocycles. The lowest BCUT2D eigenvalue weighted by molar-refractivity contribution is -0.129. The summed E-state index contributed by atoms with van der Waals surface area (Å²) in [5.41, 5.74) is 2.38. The van der Waals surface area contributed by atoms with Gasteiger partial charge >= 0.3 is 5.97 Å². The second kappa shape index (κ2) is 9.56. The van der Waals surface area contributed by atoms with E-state index in [1.54, 1.807) is 31.2 Å². The first-order valence-electron chi connectivity index (χ1n) is 9.42. The van der Waals surface area contributed by atoms with Crippen LogP contribution < -0.4 is 10.6 Å². The van der Waals surface area contributed by atoms with Gasteiger partial charge in [-0.3, -0.25) is 9.59 Å². The van der Waals surface area contributed by atoms with E-state index >= 15 is 0 Å². The fourth-order valence-electron chi connectivity index (χ4n) is 2.69. The molecular formula is C23H22N2O5. The summed E-state index contributed by atoms with van der Waals surface area (Å²) in [7, 11) is 0. The monoisotopic (exact) mass is 406 g/mol. The molecule has 2 amide bonds. The molecule has 2 aromatic carbocycles. The van der Waals surface area contributed by atoms with Gasteiger partial charge in [-0.1, -0.05) is 36.4 Å². The number of nitrogens with one attached hydrogen (secondary N) is 2. The van der Waals surface area contributed by atoms with Crippen LogP contribution in [0.1, 0.15) is 39.0 Å². The van der Waals surface area contributed by atoms with E-state index in [9.17, 15) is 14.4 Å². The Morgan fingerprint density at radius 3 is 2.50 bits per heavy atom. The summed E-state index contributed by atoms with van der Waals surface area (Å²) in [6.45, 7) is 3.65. The first-order chi connectivity index (χ1) is 14.4. The molecular weight excluding hydrogens is 384 g/mol. The van der Waals surface area contributed by atoms with Crippen LogP contribution in [-0.4, -0.2) is 23.9 Å². The van der Waals surface area contributed by atoms with Gasteiger partial charge in [0.05, 0.1) is 11.8 Å². The number of benzene rings is 2. The van der Waals surface area contributed by atoms with Gasteiger partial charge in [-0.15, -0.1) is 0 Å². The number of carbonyl (C=O) groups is 3. The highest BCUT2D eigenvalue weighted by atomic mass is 16.5. The summed E-state index contributed by atoms with van der Waals surface area (Å²) in [6, 6.07) is 17.4. The van der Waals surface area contributed by atoms with Crippen LogP contribution in [0.3, 0.4) is 0 Å². The Bertz CT molecular complexity index is 1030. The molecule has 1 aromatic heterocycles. The number of aryl methyl sites for hydroxylation is 1. The maximum Gasteiger partial charge on any atom is 0.338 e. The molecule has 0 spiro atoms. The van der Waals surface area contributed by atoms with Gasteiger partial charge in [0.2, 0.25) is 0 Å². The number of hydrogen-bond acceptors (Lipinski definition) is 5. The zero-order valence-electron chi connectivity index (χ0n) is 16.7. The summed E-state index contributed by atoms with van der Waals surface area (Å²) < 4.78 is 10.3. The number of esters is 1. The fourth-order valence-corrected chi connectivity index (χ4v) is 2.69. The van der Waals surface area contributed by atoms with Gasteiger partial charge in [-0.25, -0.2) is 4.79 Å². The minimum absolute atomic E-state index is 0.158. The van der Waals surface area contributed by atoms with E-state index in [0.717, 1.165) is 11.1 Å². The standard InChI is InChI=1S/C23H22N2O5/c1-15-10-11-18(13-19(15)25-22(27)20-9-6-12-29-20)23(28)30-16(2)21(26)24-14-17-7-4-3-5-8-17/h3-13,16H,14H2,1-2H3,(H,24,26)(H,25,27)/t16-/m0/s1. The Morgan fingerprint density at radius 1 is 1.03 bits per heavy atom. The molecule has 30 heavy (non-hydrogen) atoms. The van der Waals surface area contributed by atoms with Crippen molar-refractivity contribution in [2.75, 3.05) is 5.32 Å². The fraction of sp³-hybridized carbons (Fsp3) is 0.174. The van der Waals surface area contributed by atoms with Gasteiger partial charge in [-0.2, -0.15) is 0 Å². The second-order valence-corrected chi connectivity index (χ2v) is 6.71. The molecule has 1 atom stereocenters. The molecule has 7 heteroatoms. The molecule has 3 aromatic rings. The molecule has 3 rings (SSSR count). The number of hydrogen-bond donors (Lipinski definition) is 2. The summed E-state index contributed by atoms with van der Waals surface area (Å²) in [5, 5.41) is 5.44. The van der Waals surface area contributed by atoms with Crippen molar-refractivity contribution in [3.05, 3.63) is 89.4 Å². The van der Waals surface area contributed by atoms with E-state index in [-0.39, 0.29) is 11.3 Å². The van der Waals surface area contributed by atoms with E-state index in [1.165, 1.54) is 19.3 Å². The molecule has 2 N–H and O–H groups in total. The maximum atomic E-state index is 12.5. The van der Waals surface area contributed by atoms with Gasteiger partial charge in [0.15, 0.2) is 11.9 Å². The Hall–Kier alpha value is -3.87. The normalized spacial score (nSPS) is 11.4. The highest BCUT2D eigenvalue weighted by Gasteiger charge is 2.20.